The summed E-state index contributed by atoms with van der Waals surface area (Å²) in [7, 11) is 1.53. The van der Waals surface area contributed by atoms with Crippen molar-refractivity contribution in [1.29, 1.82) is 0 Å². The van der Waals surface area contributed by atoms with Crippen LogP contribution in [0.1, 0.15) is 23.2 Å². The van der Waals surface area contributed by atoms with Crippen molar-refractivity contribution in [1.82, 2.24) is 4.90 Å². The smallest absolute Gasteiger partial charge is 0.241 e. The summed E-state index contributed by atoms with van der Waals surface area (Å²) in [4.78, 5) is 26.2. The van der Waals surface area contributed by atoms with Crippen LogP contribution < -0.4 is 5.73 Å². The SMILES string of the molecule is COCC(N)C(=O)N1CCC(C(=O)c2ccccc2)CC1. The molecule has 114 valence electrons. The van der Waals surface area contributed by atoms with E-state index >= 15 is 0 Å². The summed E-state index contributed by atoms with van der Waals surface area (Å²) in [6, 6.07) is 8.71. The first-order valence-electron chi connectivity index (χ1n) is 7.26. The van der Waals surface area contributed by atoms with E-state index in [2.05, 4.69) is 0 Å². The normalized spacial score (nSPS) is 17.5. The van der Waals surface area contributed by atoms with Crippen LogP contribution >= 0.6 is 0 Å². The molecule has 1 saturated heterocycles. The number of likely N-dealkylation sites (tertiary alicyclic amines) is 1. The molecule has 1 unspecified atom stereocenters. The van der Waals surface area contributed by atoms with Crippen LogP contribution in [0.4, 0.5) is 0 Å². The van der Waals surface area contributed by atoms with E-state index in [4.69, 9.17) is 10.5 Å². The molecule has 1 fully saturated rings. The average molecular weight is 290 g/mol. The third-order valence-electron chi connectivity index (χ3n) is 3.90. The van der Waals surface area contributed by atoms with E-state index in [1.165, 1.54) is 7.11 Å². The largest absolute Gasteiger partial charge is 0.383 e. The molecular weight excluding hydrogens is 268 g/mol. The first kappa shape index (κ1) is 15.7. The van der Waals surface area contributed by atoms with Crippen molar-refractivity contribution in [2.75, 3.05) is 26.8 Å². The highest BCUT2D eigenvalue weighted by atomic mass is 16.5. The zero-order valence-corrected chi connectivity index (χ0v) is 12.3. The molecule has 1 aromatic carbocycles. The fourth-order valence-electron chi connectivity index (χ4n) is 2.69. The fourth-order valence-corrected chi connectivity index (χ4v) is 2.69. The molecule has 0 spiro atoms. The van der Waals surface area contributed by atoms with Gasteiger partial charge in [-0.15, -0.1) is 0 Å². The van der Waals surface area contributed by atoms with E-state index in [1.807, 2.05) is 30.3 Å². The minimum absolute atomic E-state index is 0.00454. The molecule has 1 aliphatic rings. The van der Waals surface area contributed by atoms with Gasteiger partial charge in [-0.05, 0) is 12.8 Å². The Morgan fingerprint density at radius 1 is 1.29 bits per heavy atom. The zero-order valence-electron chi connectivity index (χ0n) is 12.3. The number of ketones is 1. The topological polar surface area (TPSA) is 72.6 Å². The Hall–Kier alpha value is -1.72. The highest BCUT2D eigenvalue weighted by molar-refractivity contribution is 5.98. The summed E-state index contributed by atoms with van der Waals surface area (Å²) >= 11 is 0. The Labute approximate surface area is 125 Å². The molecule has 0 radical (unpaired) electrons. The van der Waals surface area contributed by atoms with Gasteiger partial charge in [-0.1, -0.05) is 30.3 Å². The number of nitrogens with two attached hydrogens (primary N) is 1. The van der Waals surface area contributed by atoms with Gasteiger partial charge in [-0.2, -0.15) is 0 Å². The summed E-state index contributed by atoms with van der Waals surface area (Å²) in [6.45, 7) is 1.39. The van der Waals surface area contributed by atoms with Crippen molar-refractivity contribution < 1.29 is 14.3 Å². The second-order valence-corrected chi connectivity index (χ2v) is 5.39. The fraction of sp³-hybridized carbons (Fsp3) is 0.500. The van der Waals surface area contributed by atoms with Gasteiger partial charge in [0, 0.05) is 31.7 Å². The van der Waals surface area contributed by atoms with Crippen molar-refractivity contribution >= 4 is 11.7 Å². The summed E-state index contributed by atoms with van der Waals surface area (Å²) < 4.78 is 4.91. The van der Waals surface area contributed by atoms with E-state index in [-0.39, 0.29) is 24.2 Å². The van der Waals surface area contributed by atoms with E-state index in [1.54, 1.807) is 4.90 Å². The summed E-state index contributed by atoms with van der Waals surface area (Å²) in [5.74, 6) is 0.0708. The maximum absolute atomic E-state index is 12.4. The van der Waals surface area contributed by atoms with Crippen molar-refractivity contribution in [2.24, 2.45) is 11.7 Å². The second-order valence-electron chi connectivity index (χ2n) is 5.39. The molecule has 1 aromatic rings. The lowest BCUT2D eigenvalue weighted by Crippen LogP contribution is -2.49. The van der Waals surface area contributed by atoms with Crippen molar-refractivity contribution in [2.45, 2.75) is 18.9 Å². The lowest BCUT2D eigenvalue weighted by Gasteiger charge is -2.32. The Balaban J connectivity index is 1.89. The number of Topliss-reactive ketones (excluding diaryl/α,β-unsaturated/α-hetero) is 1. The highest BCUT2D eigenvalue weighted by Gasteiger charge is 2.29. The van der Waals surface area contributed by atoms with Gasteiger partial charge in [-0.3, -0.25) is 9.59 Å². The third kappa shape index (κ3) is 3.89. The number of amides is 1. The Kier molecular flexibility index (Phi) is 5.47. The van der Waals surface area contributed by atoms with Gasteiger partial charge in [-0.25, -0.2) is 0 Å². The van der Waals surface area contributed by atoms with Crippen LogP contribution in [0, 0.1) is 5.92 Å². The highest BCUT2D eigenvalue weighted by Crippen LogP contribution is 2.22. The standard InChI is InChI=1S/C16H22N2O3/c1-21-11-14(17)16(20)18-9-7-13(8-10-18)15(19)12-5-3-2-4-6-12/h2-6,13-14H,7-11,17H2,1H3. The summed E-state index contributed by atoms with van der Waals surface area (Å²) in [5.41, 5.74) is 6.51. The maximum atomic E-state index is 12.4. The molecule has 1 atom stereocenters. The number of carbonyl (C=O) groups excluding carboxylic acids is 2. The van der Waals surface area contributed by atoms with Gasteiger partial charge in [0.2, 0.25) is 5.91 Å². The summed E-state index contributed by atoms with van der Waals surface area (Å²) in [5, 5.41) is 0. The Morgan fingerprint density at radius 3 is 2.48 bits per heavy atom. The van der Waals surface area contributed by atoms with E-state index in [0.717, 1.165) is 5.56 Å². The van der Waals surface area contributed by atoms with Crippen molar-refractivity contribution in [3.63, 3.8) is 0 Å². The minimum atomic E-state index is -0.614. The minimum Gasteiger partial charge on any atom is -0.383 e. The predicted molar refractivity (Wildman–Crippen MR) is 79.9 cm³/mol. The molecule has 0 saturated carbocycles. The zero-order chi connectivity index (χ0) is 15.2. The van der Waals surface area contributed by atoms with Gasteiger partial charge in [0.05, 0.1) is 6.61 Å². The van der Waals surface area contributed by atoms with Gasteiger partial charge in [0.15, 0.2) is 5.78 Å². The number of ether oxygens (including phenoxy) is 1. The lowest BCUT2D eigenvalue weighted by atomic mass is 9.88. The van der Waals surface area contributed by atoms with Crippen LogP contribution in [0.25, 0.3) is 0 Å². The third-order valence-corrected chi connectivity index (χ3v) is 3.90. The van der Waals surface area contributed by atoms with Gasteiger partial charge < -0.3 is 15.4 Å². The maximum Gasteiger partial charge on any atom is 0.241 e. The molecule has 2 N–H and O–H groups in total. The number of benzene rings is 1. The number of carbonyl (C=O) groups is 2. The van der Waals surface area contributed by atoms with E-state index in [9.17, 15) is 9.59 Å². The number of methoxy groups -OCH3 is 1. The molecule has 21 heavy (non-hydrogen) atoms. The number of hydrogen-bond donors (Lipinski definition) is 1. The Bertz CT molecular complexity index is 482. The van der Waals surface area contributed by atoms with E-state index in [0.29, 0.717) is 25.9 Å². The number of nitrogens with zero attached hydrogens (tertiary/aromatic N) is 1. The molecule has 1 aliphatic heterocycles. The second kappa shape index (κ2) is 7.33. The number of rotatable bonds is 5. The monoisotopic (exact) mass is 290 g/mol. The van der Waals surface area contributed by atoms with Crippen molar-refractivity contribution in [3.05, 3.63) is 35.9 Å². The number of piperidine rings is 1. The van der Waals surface area contributed by atoms with Gasteiger partial charge in [0.1, 0.15) is 6.04 Å². The van der Waals surface area contributed by atoms with Gasteiger partial charge in [0.25, 0.3) is 0 Å². The quantitative estimate of drug-likeness (QED) is 0.824. The molecule has 5 heteroatoms. The van der Waals surface area contributed by atoms with Crippen LogP contribution in [0.5, 0.6) is 0 Å². The van der Waals surface area contributed by atoms with Gasteiger partial charge >= 0.3 is 0 Å². The molecule has 0 aromatic heterocycles. The molecular formula is C16H22N2O3. The van der Waals surface area contributed by atoms with E-state index < -0.39 is 6.04 Å². The molecule has 2 rings (SSSR count). The summed E-state index contributed by atoms with van der Waals surface area (Å²) in [6.07, 6.45) is 1.39. The molecule has 1 heterocycles. The van der Waals surface area contributed by atoms with Crippen LogP contribution in [0.15, 0.2) is 30.3 Å². The lowest BCUT2D eigenvalue weighted by molar-refractivity contribution is -0.135. The molecule has 0 aliphatic carbocycles. The molecule has 5 nitrogen and oxygen atoms in total. The predicted octanol–water partition coefficient (Wildman–Crippen LogP) is 1.08. The van der Waals surface area contributed by atoms with Crippen molar-refractivity contribution in [3.8, 4) is 0 Å². The first-order valence-corrected chi connectivity index (χ1v) is 7.26. The number of hydrogen-bond acceptors (Lipinski definition) is 4. The van der Waals surface area contributed by atoms with Crippen LogP contribution in [-0.4, -0.2) is 49.4 Å². The molecule has 0 bridgehead atoms. The van der Waals surface area contributed by atoms with Crippen LogP contribution in [-0.2, 0) is 9.53 Å². The average Bonchev–Trinajstić information content (AvgIpc) is 2.54. The first-order chi connectivity index (χ1) is 10.1. The molecule has 1 amide bonds. The van der Waals surface area contributed by atoms with Crippen LogP contribution in [0.3, 0.4) is 0 Å². The Morgan fingerprint density at radius 2 is 1.90 bits per heavy atom. The van der Waals surface area contributed by atoms with Crippen LogP contribution in [0.2, 0.25) is 0 Å².